The van der Waals surface area contributed by atoms with Crippen molar-refractivity contribution in [1.82, 2.24) is 4.98 Å². The van der Waals surface area contributed by atoms with Crippen molar-refractivity contribution in [1.29, 1.82) is 5.26 Å². The van der Waals surface area contributed by atoms with Crippen LogP contribution >= 0.6 is 22.6 Å². The summed E-state index contributed by atoms with van der Waals surface area (Å²) in [6.07, 6.45) is 4.61. The summed E-state index contributed by atoms with van der Waals surface area (Å²) in [6, 6.07) is 10.5. The first-order valence-corrected chi connectivity index (χ1v) is 13.4. The van der Waals surface area contributed by atoms with Gasteiger partial charge in [0.2, 0.25) is 0 Å². The molecule has 2 aromatic rings. The number of aliphatic hydroxyl groups is 1. The lowest BCUT2D eigenvalue weighted by Crippen LogP contribution is -2.35. The third-order valence-electron chi connectivity index (χ3n) is 7.74. The molecule has 0 bridgehead atoms. The van der Waals surface area contributed by atoms with Crippen molar-refractivity contribution in [3.63, 3.8) is 0 Å². The van der Waals surface area contributed by atoms with Gasteiger partial charge < -0.3 is 9.84 Å². The molecule has 1 aromatic heterocycles. The number of aliphatic hydroxyl groups excluding tert-OH is 1. The van der Waals surface area contributed by atoms with Crippen LogP contribution in [0, 0.1) is 16.7 Å². The SMILES string of the molecule is CC(C)c1nc2c(c3c1C(c1ccc(CC#N)cc1)OC31CCCC1I)[C@@H](O)CC(C)(C)C2. The Morgan fingerprint density at radius 2 is 1.97 bits per heavy atom. The number of nitrogens with zero attached hydrogens (tertiary/aromatic N) is 2. The Bertz CT molecular complexity index is 1120. The van der Waals surface area contributed by atoms with E-state index in [4.69, 9.17) is 15.0 Å². The van der Waals surface area contributed by atoms with Crippen LogP contribution in [0.25, 0.3) is 0 Å². The monoisotopic (exact) mass is 556 g/mol. The summed E-state index contributed by atoms with van der Waals surface area (Å²) in [7, 11) is 0. The second kappa shape index (κ2) is 8.32. The van der Waals surface area contributed by atoms with Gasteiger partial charge in [0.15, 0.2) is 0 Å². The molecule has 1 saturated carbocycles. The van der Waals surface area contributed by atoms with Crippen LogP contribution in [0.3, 0.4) is 0 Å². The lowest BCUT2D eigenvalue weighted by Gasteiger charge is -2.39. The number of fused-ring (bicyclic) bond motifs is 4. The maximum absolute atomic E-state index is 11.4. The minimum atomic E-state index is -0.507. The molecule has 1 aromatic carbocycles. The summed E-state index contributed by atoms with van der Waals surface area (Å²) in [6.45, 7) is 8.90. The Balaban J connectivity index is 1.76. The summed E-state index contributed by atoms with van der Waals surface area (Å²) >= 11 is 2.58. The normalized spacial score (nSPS) is 29.8. The molecule has 4 nitrogen and oxygen atoms in total. The minimum absolute atomic E-state index is 0.0317. The van der Waals surface area contributed by atoms with Crippen LogP contribution in [-0.4, -0.2) is 14.0 Å². The molecule has 5 rings (SSSR count). The van der Waals surface area contributed by atoms with Crippen molar-refractivity contribution in [2.45, 2.75) is 93.9 Å². The number of rotatable bonds is 3. The van der Waals surface area contributed by atoms with Crippen LogP contribution < -0.4 is 0 Å². The average Bonchev–Trinajstić information content (AvgIpc) is 3.28. The van der Waals surface area contributed by atoms with Gasteiger partial charge in [-0.05, 0) is 54.6 Å². The molecule has 3 aliphatic rings. The molecule has 2 heterocycles. The highest BCUT2D eigenvalue weighted by atomic mass is 127. The van der Waals surface area contributed by atoms with E-state index >= 15 is 0 Å². The smallest absolute Gasteiger partial charge is 0.111 e. The first-order chi connectivity index (χ1) is 15.7. The molecule has 3 unspecified atom stereocenters. The standard InChI is InChI=1S/C28H33IN2O2/c1-16(2)25-23-24(22-19(31-25)14-27(3,4)15-20(22)32)28(12-5-6-21(28)29)33-26(23)18-9-7-17(8-10-18)11-13-30/h7-10,16,20-21,26,32H,5-6,11-12,14-15H2,1-4H3/t20-,21?,26?,28?/m0/s1. The van der Waals surface area contributed by atoms with E-state index in [1.165, 1.54) is 11.1 Å². The maximum atomic E-state index is 11.4. The topological polar surface area (TPSA) is 66.1 Å². The number of ether oxygens (including phenoxy) is 1. The van der Waals surface area contributed by atoms with Crippen molar-refractivity contribution in [3.8, 4) is 6.07 Å². The number of benzene rings is 1. The van der Waals surface area contributed by atoms with Gasteiger partial charge in [0, 0.05) is 32.0 Å². The molecule has 0 amide bonds. The van der Waals surface area contributed by atoms with Crippen LogP contribution in [0.15, 0.2) is 24.3 Å². The molecule has 1 N–H and O–H groups in total. The van der Waals surface area contributed by atoms with Crippen LogP contribution in [-0.2, 0) is 23.2 Å². The zero-order chi connectivity index (χ0) is 23.5. The van der Waals surface area contributed by atoms with Crippen molar-refractivity contribution < 1.29 is 9.84 Å². The highest BCUT2D eigenvalue weighted by molar-refractivity contribution is 14.1. The van der Waals surface area contributed by atoms with Crippen LogP contribution in [0.2, 0.25) is 0 Å². The second-order valence-corrected chi connectivity index (χ2v) is 12.7. The number of hydrogen-bond donors (Lipinski definition) is 1. The molecule has 0 saturated heterocycles. The van der Waals surface area contributed by atoms with E-state index in [1.807, 2.05) is 12.1 Å². The average molecular weight is 556 g/mol. The van der Waals surface area contributed by atoms with Crippen molar-refractivity contribution in [2.24, 2.45) is 5.41 Å². The molecule has 33 heavy (non-hydrogen) atoms. The van der Waals surface area contributed by atoms with E-state index in [0.717, 1.165) is 60.2 Å². The zero-order valence-electron chi connectivity index (χ0n) is 20.0. The highest BCUT2D eigenvalue weighted by Crippen LogP contribution is 2.61. The van der Waals surface area contributed by atoms with E-state index in [9.17, 15) is 5.11 Å². The molecule has 1 fully saturated rings. The predicted molar refractivity (Wildman–Crippen MR) is 137 cm³/mol. The number of alkyl halides is 1. The number of pyridine rings is 1. The predicted octanol–water partition coefficient (Wildman–Crippen LogP) is 6.58. The fraction of sp³-hybridized carbons (Fsp3) is 0.571. The van der Waals surface area contributed by atoms with Crippen molar-refractivity contribution >= 4 is 22.6 Å². The Morgan fingerprint density at radius 1 is 1.24 bits per heavy atom. The molecule has 1 aliphatic heterocycles. The molecule has 1 spiro atoms. The Labute approximate surface area is 210 Å². The first kappa shape index (κ1) is 23.3. The van der Waals surface area contributed by atoms with Gasteiger partial charge in [-0.1, -0.05) is 74.6 Å². The largest absolute Gasteiger partial charge is 0.388 e. The van der Waals surface area contributed by atoms with E-state index < -0.39 is 6.10 Å². The lowest BCUT2D eigenvalue weighted by atomic mass is 9.70. The Morgan fingerprint density at radius 3 is 2.58 bits per heavy atom. The summed E-state index contributed by atoms with van der Waals surface area (Å²) in [5.74, 6) is 0.263. The van der Waals surface area contributed by atoms with E-state index in [-0.39, 0.29) is 23.0 Å². The van der Waals surface area contributed by atoms with Crippen LogP contribution in [0.1, 0.15) is 111 Å². The van der Waals surface area contributed by atoms with Gasteiger partial charge in [0.05, 0.1) is 18.6 Å². The molecule has 5 heteroatoms. The Hall–Kier alpha value is -1.49. The molecule has 174 valence electrons. The summed E-state index contributed by atoms with van der Waals surface area (Å²) < 4.78 is 7.48. The number of nitriles is 1. The van der Waals surface area contributed by atoms with Gasteiger partial charge in [0.25, 0.3) is 0 Å². The van der Waals surface area contributed by atoms with Gasteiger partial charge in [-0.25, -0.2) is 0 Å². The van der Waals surface area contributed by atoms with Gasteiger partial charge in [-0.2, -0.15) is 5.26 Å². The second-order valence-electron chi connectivity index (χ2n) is 11.2. The fourth-order valence-electron chi connectivity index (χ4n) is 6.30. The number of halogens is 1. The van der Waals surface area contributed by atoms with Crippen molar-refractivity contribution in [3.05, 3.63) is 63.5 Å². The molecule has 0 radical (unpaired) electrons. The fourth-order valence-corrected chi connectivity index (χ4v) is 7.51. The third kappa shape index (κ3) is 3.73. The van der Waals surface area contributed by atoms with Crippen molar-refractivity contribution in [2.75, 3.05) is 0 Å². The molecular formula is C28H33IN2O2. The quantitative estimate of drug-likeness (QED) is 0.343. The van der Waals surface area contributed by atoms with E-state index in [0.29, 0.717) is 10.3 Å². The van der Waals surface area contributed by atoms with Crippen LogP contribution in [0.5, 0.6) is 0 Å². The minimum Gasteiger partial charge on any atom is -0.388 e. The van der Waals surface area contributed by atoms with Gasteiger partial charge in [-0.15, -0.1) is 0 Å². The third-order valence-corrected chi connectivity index (χ3v) is 9.37. The molecule has 2 aliphatic carbocycles. The zero-order valence-corrected chi connectivity index (χ0v) is 22.1. The van der Waals surface area contributed by atoms with E-state index in [2.05, 4.69) is 68.5 Å². The Kier molecular flexibility index (Phi) is 5.86. The lowest BCUT2D eigenvalue weighted by molar-refractivity contribution is -0.0516. The van der Waals surface area contributed by atoms with Gasteiger partial charge in [-0.3, -0.25) is 4.98 Å². The van der Waals surface area contributed by atoms with E-state index in [1.54, 1.807) is 0 Å². The number of hydrogen-bond acceptors (Lipinski definition) is 4. The summed E-state index contributed by atoms with van der Waals surface area (Å²) in [5, 5.41) is 20.5. The molecule has 4 atom stereocenters. The van der Waals surface area contributed by atoms with Crippen LogP contribution in [0.4, 0.5) is 0 Å². The summed E-state index contributed by atoms with van der Waals surface area (Å²) in [4.78, 5) is 5.25. The maximum Gasteiger partial charge on any atom is 0.111 e. The highest BCUT2D eigenvalue weighted by Gasteiger charge is 2.56. The number of aromatic nitrogens is 1. The first-order valence-electron chi connectivity index (χ1n) is 12.2. The van der Waals surface area contributed by atoms with Gasteiger partial charge >= 0.3 is 0 Å². The summed E-state index contributed by atoms with van der Waals surface area (Å²) in [5.41, 5.74) is 7.49. The molecular weight excluding hydrogens is 523 g/mol. The van der Waals surface area contributed by atoms with Gasteiger partial charge in [0.1, 0.15) is 11.7 Å².